The monoisotopic (exact) mass is 486 g/mol. The molecule has 0 atom stereocenters. The molecule has 36 heavy (non-hydrogen) atoms. The Bertz CT molecular complexity index is 1330. The minimum Gasteiger partial charge on any atom is -0.400 e. The average molecular weight is 487 g/mol. The van der Waals surface area contributed by atoms with Crippen LogP contribution in [-0.4, -0.2) is 70.7 Å². The molecule has 3 heterocycles. The molecule has 1 saturated heterocycles. The second kappa shape index (κ2) is 11.0. The molecule has 0 spiro atoms. The zero-order valence-electron chi connectivity index (χ0n) is 20.6. The summed E-state index contributed by atoms with van der Waals surface area (Å²) in [5.74, 6) is 0.790. The summed E-state index contributed by atoms with van der Waals surface area (Å²) in [5.41, 5.74) is 4.60. The number of anilines is 1. The molecule has 1 fully saturated rings. The smallest absolute Gasteiger partial charge is 0.253 e. The van der Waals surface area contributed by atoms with Gasteiger partial charge in [-0.15, -0.1) is 0 Å². The maximum absolute atomic E-state index is 12.5. The molecule has 1 aliphatic heterocycles. The van der Waals surface area contributed by atoms with Crippen molar-refractivity contribution in [3.63, 3.8) is 0 Å². The van der Waals surface area contributed by atoms with Crippen LogP contribution < -0.4 is 10.2 Å². The number of aromatic nitrogens is 3. The first-order valence-corrected chi connectivity index (χ1v) is 11.7. The molecule has 2 aromatic carbocycles. The van der Waals surface area contributed by atoms with E-state index in [4.69, 9.17) is 5.11 Å². The molecule has 0 saturated carbocycles. The van der Waals surface area contributed by atoms with Crippen LogP contribution in [0.3, 0.4) is 0 Å². The number of hydrogen-bond donors (Lipinski definition) is 2. The summed E-state index contributed by atoms with van der Waals surface area (Å²) in [4.78, 5) is 32.8. The van der Waals surface area contributed by atoms with Crippen LogP contribution in [0.5, 0.6) is 0 Å². The van der Waals surface area contributed by atoms with Gasteiger partial charge in [0.15, 0.2) is 5.82 Å². The number of amides is 2. The predicted molar refractivity (Wildman–Crippen MR) is 139 cm³/mol. The summed E-state index contributed by atoms with van der Waals surface area (Å²) >= 11 is 0. The van der Waals surface area contributed by atoms with E-state index in [2.05, 4.69) is 20.3 Å². The number of carbonyl (C=O) groups is 2. The summed E-state index contributed by atoms with van der Waals surface area (Å²) in [6.07, 6.45) is 3.49. The first-order valence-electron chi connectivity index (χ1n) is 11.7. The summed E-state index contributed by atoms with van der Waals surface area (Å²) in [7, 11) is 4.48. The lowest BCUT2D eigenvalue weighted by molar-refractivity contribution is -0.125. The number of aliphatic hydroxyl groups excluding tert-OH is 1. The summed E-state index contributed by atoms with van der Waals surface area (Å²) in [6, 6.07) is 19.5. The van der Waals surface area contributed by atoms with Crippen molar-refractivity contribution in [3.8, 4) is 11.1 Å². The molecule has 5 rings (SSSR count). The molecule has 9 heteroatoms. The Morgan fingerprint density at radius 1 is 1.03 bits per heavy atom. The Hall–Kier alpha value is -4.24. The van der Waals surface area contributed by atoms with Gasteiger partial charge in [-0.3, -0.25) is 9.59 Å². The molecular formula is C27H30N6O3. The number of aliphatic hydroxyl groups is 1. The lowest BCUT2D eigenvalue weighted by atomic mass is 9.99. The molecule has 0 bridgehead atoms. The van der Waals surface area contributed by atoms with Crippen molar-refractivity contribution in [2.24, 2.45) is 5.92 Å². The normalized spacial score (nSPS) is 12.9. The number of benzene rings is 2. The summed E-state index contributed by atoms with van der Waals surface area (Å²) in [6.45, 7) is 1.78. The van der Waals surface area contributed by atoms with E-state index in [0.29, 0.717) is 25.2 Å². The first-order chi connectivity index (χ1) is 17.5. The fraction of sp³-hybridized carbons (Fsp3) is 0.259. The molecule has 2 aromatic heterocycles. The Balaban J connectivity index is 0.00000148. The van der Waals surface area contributed by atoms with Crippen molar-refractivity contribution < 1.29 is 14.7 Å². The molecule has 0 aliphatic carbocycles. The second-order valence-electron chi connectivity index (χ2n) is 8.72. The third-order valence-corrected chi connectivity index (χ3v) is 6.12. The van der Waals surface area contributed by atoms with Crippen LogP contribution in [0.2, 0.25) is 0 Å². The average Bonchev–Trinajstić information content (AvgIpc) is 3.33. The van der Waals surface area contributed by atoms with Gasteiger partial charge in [0.1, 0.15) is 11.8 Å². The van der Waals surface area contributed by atoms with Gasteiger partial charge in [0.25, 0.3) is 5.91 Å². The van der Waals surface area contributed by atoms with Crippen molar-refractivity contribution in [2.75, 3.05) is 39.2 Å². The quantitative estimate of drug-likeness (QED) is 0.434. The van der Waals surface area contributed by atoms with E-state index in [0.717, 1.165) is 35.1 Å². The maximum Gasteiger partial charge on any atom is 0.253 e. The van der Waals surface area contributed by atoms with Crippen LogP contribution in [0, 0.1) is 5.92 Å². The van der Waals surface area contributed by atoms with Gasteiger partial charge < -0.3 is 20.2 Å². The van der Waals surface area contributed by atoms with Crippen molar-refractivity contribution >= 4 is 23.1 Å². The molecule has 0 radical (unpaired) electrons. The molecule has 186 valence electrons. The molecule has 1 aliphatic rings. The van der Waals surface area contributed by atoms with Gasteiger partial charge in [0.2, 0.25) is 5.91 Å². The van der Waals surface area contributed by atoms with E-state index < -0.39 is 0 Å². The van der Waals surface area contributed by atoms with Crippen molar-refractivity contribution in [2.45, 2.75) is 6.54 Å². The minimum absolute atomic E-state index is 0.0260. The van der Waals surface area contributed by atoms with Gasteiger partial charge in [-0.25, -0.2) is 9.50 Å². The molecule has 9 nitrogen and oxygen atoms in total. The van der Waals surface area contributed by atoms with Crippen molar-refractivity contribution in [1.29, 1.82) is 0 Å². The van der Waals surface area contributed by atoms with Gasteiger partial charge in [-0.05, 0) is 29.3 Å². The van der Waals surface area contributed by atoms with Crippen molar-refractivity contribution in [1.82, 2.24) is 24.8 Å². The van der Waals surface area contributed by atoms with Gasteiger partial charge in [0.05, 0.1) is 5.92 Å². The zero-order chi connectivity index (χ0) is 25.7. The molecule has 2 N–H and O–H groups in total. The lowest BCUT2D eigenvalue weighted by Crippen LogP contribution is -2.54. The van der Waals surface area contributed by atoms with E-state index >= 15 is 0 Å². The van der Waals surface area contributed by atoms with E-state index in [1.165, 1.54) is 6.33 Å². The minimum atomic E-state index is -0.0602. The highest BCUT2D eigenvalue weighted by molar-refractivity contribution is 5.94. The Labute approximate surface area is 210 Å². The van der Waals surface area contributed by atoms with Crippen LogP contribution in [0.1, 0.15) is 15.9 Å². The zero-order valence-corrected chi connectivity index (χ0v) is 20.6. The van der Waals surface area contributed by atoms with Crippen molar-refractivity contribution in [3.05, 3.63) is 84.3 Å². The van der Waals surface area contributed by atoms with Crippen LogP contribution >= 0.6 is 0 Å². The number of rotatable bonds is 6. The fourth-order valence-electron chi connectivity index (χ4n) is 4.13. The maximum atomic E-state index is 12.5. The standard InChI is InChI=1S/C26H26N6O2.CH4O/c1-30(2)26(34)20-10-8-19(9-11-20)21-12-23-24(28-17-29-32(23)16-21)31-14-22(15-31)25(33)27-13-18-6-4-3-5-7-18;1-2/h3-12,16-17,22H,13-15H2,1-2H3,(H,27,33);2H,1H3. The SMILES string of the molecule is CN(C)C(=O)c1ccc(-c2cc3c(N4CC(C(=O)NCc5ccccc5)C4)ncnn3c2)cc1.CO. The molecule has 4 aromatic rings. The highest BCUT2D eigenvalue weighted by Gasteiger charge is 2.34. The van der Waals surface area contributed by atoms with Gasteiger partial charge in [-0.1, -0.05) is 42.5 Å². The second-order valence-corrected chi connectivity index (χ2v) is 8.72. The number of nitrogens with one attached hydrogen (secondary N) is 1. The number of carbonyl (C=O) groups excluding carboxylic acids is 2. The highest BCUT2D eigenvalue weighted by atomic mass is 16.2. The largest absolute Gasteiger partial charge is 0.400 e. The first kappa shape index (κ1) is 24.9. The van der Waals surface area contributed by atoms with E-state index in [-0.39, 0.29) is 17.7 Å². The highest BCUT2D eigenvalue weighted by Crippen LogP contribution is 2.30. The van der Waals surface area contributed by atoms with E-state index in [1.807, 2.05) is 66.9 Å². The number of hydrogen-bond acceptors (Lipinski definition) is 6. The van der Waals surface area contributed by atoms with Crippen LogP contribution in [0.15, 0.2) is 73.2 Å². The number of fused-ring (bicyclic) bond motifs is 1. The van der Waals surface area contributed by atoms with Crippen LogP contribution in [0.25, 0.3) is 16.6 Å². The predicted octanol–water partition coefficient (Wildman–Crippen LogP) is 2.46. The molecular weight excluding hydrogens is 456 g/mol. The molecule has 0 unspecified atom stereocenters. The third kappa shape index (κ3) is 5.21. The molecule has 2 amide bonds. The van der Waals surface area contributed by atoms with Gasteiger partial charge in [-0.2, -0.15) is 5.10 Å². The topological polar surface area (TPSA) is 103 Å². The summed E-state index contributed by atoms with van der Waals surface area (Å²) < 4.78 is 1.80. The Morgan fingerprint density at radius 3 is 2.39 bits per heavy atom. The van der Waals surface area contributed by atoms with Crippen LogP contribution in [-0.2, 0) is 11.3 Å². The van der Waals surface area contributed by atoms with Gasteiger partial charge >= 0.3 is 0 Å². The Kier molecular flexibility index (Phi) is 7.60. The van der Waals surface area contributed by atoms with Gasteiger partial charge in [0, 0.05) is 58.2 Å². The van der Waals surface area contributed by atoms with Crippen LogP contribution in [0.4, 0.5) is 5.82 Å². The third-order valence-electron chi connectivity index (χ3n) is 6.12. The fourth-order valence-corrected chi connectivity index (χ4v) is 4.13. The number of nitrogens with zero attached hydrogens (tertiary/aromatic N) is 5. The van der Waals surface area contributed by atoms with E-state index in [1.54, 1.807) is 23.5 Å². The lowest BCUT2D eigenvalue weighted by Gasteiger charge is -2.39. The van der Waals surface area contributed by atoms with E-state index in [9.17, 15) is 9.59 Å². The Morgan fingerprint density at radius 2 is 1.72 bits per heavy atom. The summed E-state index contributed by atoms with van der Waals surface area (Å²) in [5, 5.41) is 14.4.